The molecule has 1 saturated heterocycles. The van der Waals surface area contributed by atoms with Crippen molar-refractivity contribution in [1.82, 2.24) is 9.80 Å². The van der Waals surface area contributed by atoms with Gasteiger partial charge in [0.1, 0.15) is 0 Å². The van der Waals surface area contributed by atoms with E-state index in [-0.39, 0.29) is 17.9 Å². The van der Waals surface area contributed by atoms with Crippen LogP contribution in [0.3, 0.4) is 0 Å². The van der Waals surface area contributed by atoms with Crippen LogP contribution in [0.2, 0.25) is 0 Å². The molecule has 0 aromatic heterocycles. The lowest BCUT2D eigenvalue weighted by Gasteiger charge is -2.37. The van der Waals surface area contributed by atoms with Crippen molar-refractivity contribution in [2.45, 2.75) is 35.6 Å². The standard InChI is InChI=1S/C23H27N3O2S/c1-17(25-13-15-26(16-14-25)23(28)18-11-12-18)22(27)24-20-9-5-6-10-21(20)29-19-7-3-2-4-8-19/h2-10,17-18H,11-16H2,1H3,(H,24,27)/t17-/m0/s1. The molecule has 152 valence electrons. The van der Waals surface area contributed by atoms with Crippen molar-refractivity contribution in [1.29, 1.82) is 0 Å². The summed E-state index contributed by atoms with van der Waals surface area (Å²) in [5.41, 5.74) is 0.834. The van der Waals surface area contributed by atoms with Crippen LogP contribution < -0.4 is 5.32 Å². The first kappa shape index (κ1) is 20.0. The normalized spacial score (nSPS) is 18.3. The maximum atomic E-state index is 12.9. The molecule has 1 aliphatic heterocycles. The van der Waals surface area contributed by atoms with Crippen LogP contribution in [0.5, 0.6) is 0 Å². The first-order valence-corrected chi connectivity index (χ1v) is 11.1. The van der Waals surface area contributed by atoms with Crippen molar-refractivity contribution in [2.24, 2.45) is 5.92 Å². The van der Waals surface area contributed by atoms with Gasteiger partial charge in [0, 0.05) is 41.9 Å². The highest BCUT2D eigenvalue weighted by atomic mass is 32.2. The second kappa shape index (κ2) is 9.01. The maximum Gasteiger partial charge on any atom is 0.241 e. The SMILES string of the molecule is C[C@@H](C(=O)Nc1ccccc1Sc1ccccc1)N1CCN(C(=O)C2CC2)CC1. The zero-order valence-electron chi connectivity index (χ0n) is 16.7. The Morgan fingerprint density at radius 1 is 0.966 bits per heavy atom. The number of amides is 2. The van der Waals surface area contributed by atoms with Crippen LogP contribution in [-0.2, 0) is 9.59 Å². The fraction of sp³-hybridized carbons (Fsp3) is 0.391. The summed E-state index contributed by atoms with van der Waals surface area (Å²) in [5.74, 6) is 0.558. The second-order valence-corrected chi connectivity index (χ2v) is 8.83. The number of nitrogens with one attached hydrogen (secondary N) is 1. The van der Waals surface area contributed by atoms with Gasteiger partial charge in [-0.3, -0.25) is 14.5 Å². The van der Waals surface area contributed by atoms with E-state index in [1.807, 2.05) is 54.3 Å². The Bertz CT molecular complexity index is 861. The Morgan fingerprint density at radius 2 is 1.62 bits per heavy atom. The molecule has 0 bridgehead atoms. The quantitative estimate of drug-likeness (QED) is 0.790. The lowest BCUT2D eigenvalue weighted by molar-refractivity contribution is -0.135. The number of rotatable bonds is 6. The number of benzene rings is 2. The van der Waals surface area contributed by atoms with Crippen LogP contribution >= 0.6 is 11.8 Å². The summed E-state index contributed by atoms with van der Waals surface area (Å²) in [7, 11) is 0. The lowest BCUT2D eigenvalue weighted by atomic mass is 10.2. The second-order valence-electron chi connectivity index (χ2n) is 7.71. The Kier molecular flexibility index (Phi) is 6.21. The molecular formula is C23H27N3O2S. The zero-order valence-corrected chi connectivity index (χ0v) is 17.5. The first-order valence-electron chi connectivity index (χ1n) is 10.3. The first-order chi connectivity index (χ1) is 14.1. The molecule has 2 aliphatic rings. The molecule has 2 aromatic rings. The van der Waals surface area contributed by atoms with E-state index in [0.717, 1.165) is 41.4 Å². The van der Waals surface area contributed by atoms with Crippen molar-refractivity contribution >= 4 is 29.3 Å². The Balaban J connectivity index is 1.35. The summed E-state index contributed by atoms with van der Waals surface area (Å²) in [6.07, 6.45) is 2.08. The summed E-state index contributed by atoms with van der Waals surface area (Å²) >= 11 is 1.64. The van der Waals surface area contributed by atoms with Gasteiger partial charge in [0.05, 0.1) is 11.7 Å². The molecule has 0 unspecified atom stereocenters. The van der Waals surface area contributed by atoms with Crippen molar-refractivity contribution in [3.63, 3.8) is 0 Å². The zero-order chi connectivity index (χ0) is 20.2. The molecule has 4 rings (SSSR count). The van der Waals surface area contributed by atoms with E-state index in [2.05, 4.69) is 22.3 Å². The van der Waals surface area contributed by atoms with Crippen LogP contribution in [0.15, 0.2) is 64.4 Å². The number of hydrogen-bond acceptors (Lipinski definition) is 4. The Hall–Kier alpha value is -2.31. The highest BCUT2D eigenvalue weighted by molar-refractivity contribution is 7.99. The number of nitrogens with zero attached hydrogens (tertiary/aromatic N) is 2. The summed E-state index contributed by atoms with van der Waals surface area (Å²) in [5, 5.41) is 3.11. The number of carbonyl (C=O) groups is 2. The lowest BCUT2D eigenvalue weighted by Crippen LogP contribution is -2.54. The fourth-order valence-electron chi connectivity index (χ4n) is 3.60. The number of carbonyl (C=O) groups excluding carboxylic acids is 2. The van der Waals surface area contributed by atoms with Gasteiger partial charge in [-0.15, -0.1) is 0 Å². The van der Waals surface area contributed by atoms with Gasteiger partial charge in [-0.1, -0.05) is 42.1 Å². The molecule has 29 heavy (non-hydrogen) atoms. The van der Waals surface area contributed by atoms with Gasteiger partial charge < -0.3 is 10.2 Å². The van der Waals surface area contributed by atoms with E-state index in [1.165, 1.54) is 0 Å². The number of anilines is 1. The van der Waals surface area contributed by atoms with E-state index in [0.29, 0.717) is 19.0 Å². The van der Waals surface area contributed by atoms with E-state index in [9.17, 15) is 9.59 Å². The third-order valence-corrected chi connectivity index (χ3v) is 6.68. The Labute approximate surface area is 176 Å². The molecule has 6 heteroatoms. The van der Waals surface area contributed by atoms with E-state index in [4.69, 9.17) is 0 Å². The molecular weight excluding hydrogens is 382 g/mol. The molecule has 0 spiro atoms. The molecule has 0 radical (unpaired) electrons. The highest BCUT2D eigenvalue weighted by Gasteiger charge is 2.35. The number of hydrogen-bond donors (Lipinski definition) is 1. The van der Waals surface area contributed by atoms with Gasteiger partial charge in [-0.2, -0.15) is 0 Å². The Morgan fingerprint density at radius 3 is 2.31 bits per heavy atom. The summed E-state index contributed by atoms with van der Waals surface area (Å²) in [6, 6.07) is 17.8. The predicted molar refractivity (Wildman–Crippen MR) is 116 cm³/mol. The van der Waals surface area contributed by atoms with Gasteiger partial charge in [0.2, 0.25) is 11.8 Å². The minimum atomic E-state index is -0.233. The van der Waals surface area contributed by atoms with Crippen LogP contribution in [0, 0.1) is 5.92 Å². The molecule has 1 heterocycles. The largest absolute Gasteiger partial charge is 0.340 e. The summed E-state index contributed by atoms with van der Waals surface area (Å²) in [6.45, 7) is 4.86. The third kappa shape index (κ3) is 5.00. The summed E-state index contributed by atoms with van der Waals surface area (Å²) < 4.78 is 0. The average molecular weight is 410 g/mol. The smallest absolute Gasteiger partial charge is 0.241 e. The van der Waals surface area contributed by atoms with Crippen molar-refractivity contribution in [3.8, 4) is 0 Å². The minimum absolute atomic E-state index is 0.00641. The van der Waals surface area contributed by atoms with Crippen LogP contribution in [-0.4, -0.2) is 53.8 Å². The van der Waals surface area contributed by atoms with Crippen molar-refractivity contribution < 1.29 is 9.59 Å². The molecule has 1 aliphatic carbocycles. The van der Waals surface area contributed by atoms with Gasteiger partial charge in [0.15, 0.2) is 0 Å². The van der Waals surface area contributed by atoms with E-state index >= 15 is 0 Å². The molecule has 1 atom stereocenters. The molecule has 1 N–H and O–H groups in total. The van der Waals surface area contributed by atoms with Gasteiger partial charge >= 0.3 is 0 Å². The molecule has 5 nitrogen and oxygen atoms in total. The van der Waals surface area contributed by atoms with Crippen molar-refractivity contribution in [2.75, 3.05) is 31.5 Å². The number of para-hydroxylation sites is 1. The highest BCUT2D eigenvalue weighted by Crippen LogP contribution is 2.33. The van der Waals surface area contributed by atoms with Crippen molar-refractivity contribution in [3.05, 3.63) is 54.6 Å². The van der Waals surface area contributed by atoms with Gasteiger partial charge in [-0.25, -0.2) is 0 Å². The molecule has 1 saturated carbocycles. The molecule has 2 amide bonds. The molecule has 2 fully saturated rings. The monoisotopic (exact) mass is 409 g/mol. The van der Waals surface area contributed by atoms with Crippen LogP contribution in [0.25, 0.3) is 0 Å². The van der Waals surface area contributed by atoms with E-state index < -0.39 is 0 Å². The van der Waals surface area contributed by atoms with Crippen LogP contribution in [0.1, 0.15) is 19.8 Å². The van der Waals surface area contributed by atoms with Gasteiger partial charge in [-0.05, 0) is 44.0 Å². The topological polar surface area (TPSA) is 52.7 Å². The van der Waals surface area contributed by atoms with Gasteiger partial charge in [0.25, 0.3) is 0 Å². The predicted octanol–water partition coefficient (Wildman–Crippen LogP) is 3.72. The third-order valence-electron chi connectivity index (χ3n) is 5.60. The maximum absolute atomic E-state index is 12.9. The minimum Gasteiger partial charge on any atom is -0.340 e. The summed E-state index contributed by atoms with van der Waals surface area (Å²) in [4.78, 5) is 31.4. The fourth-order valence-corrected chi connectivity index (χ4v) is 4.52. The molecule has 2 aromatic carbocycles. The number of piperazine rings is 1. The van der Waals surface area contributed by atoms with Crippen LogP contribution in [0.4, 0.5) is 5.69 Å². The van der Waals surface area contributed by atoms with E-state index in [1.54, 1.807) is 11.8 Å². The average Bonchev–Trinajstić information content (AvgIpc) is 3.60.